The fourth-order valence-electron chi connectivity index (χ4n) is 3.05. The van der Waals surface area contributed by atoms with Crippen molar-refractivity contribution in [3.8, 4) is 0 Å². The van der Waals surface area contributed by atoms with E-state index in [1.165, 1.54) is 0 Å². The van der Waals surface area contributed by atoms with Gasteiger partial charge in [0.05, 0.1) is 5.92 Å². The zero-order valence-corrected chi connectivity index (χ0v) is 16.0. The summed E-state index contributed by atoms with van der Waals surface area (Å²) in [6, 6.07) is 13.1. The van der Waals surface area contributed by atoms with Crippen LogP contribution in [0.1, 0.15) is 17.5 Å². The number of carbonyl (C=O) groups is 2. The van der Waals surface area contributed by atoms with Gasteiger partial charge in [-0.1, -0.05) is 47.0 Å². The quantitative estimate of drug-likeness (QED) is 0.837. The number of amides is 2. The monoisotopic (exact) mass is 390 g/mol. The molecule has 0 radical (unpaired) electrons. The van der Waals surface area contributed by atoms with Gasteiger partial charge in [0.25, 0.3) is 0 Å². The third kappa shape index (κ3) is 4.37. The Balaban J connectivity index is 1.54. The lowest BCUT2D eigenvalue weighted by Crippen LogP contribution is -2.34. The number of hydrogen-bond donors (Lipinski definition) is 1. The van der Waals surface area contributed by atoms with E-state index in [4.69, 9.17) is 23.2 Å². The summed E-state index contributed by atoms with van der Waals surface area (Å²) in [4.78, 5) is 26.3. The van der Waals surface area contributed by atoms with E-state index < -0.39 is 0 Å². The molecule has 0 aromatic heterocycles. The summed E-state index contributed by atoms with van der Waals surface area (Å²) in [5, 5.41) is 4.08. The Kier molecular flexibility index (Phi) is 5.84. The largest absolute Gasteiger partial charge is 0.355 e. The number of rotatable bonds is 5. The van der Waals surface area contributed by atoms with Gasteiger partial charge in [-0.05, 0) is 43.2 Å². The molecular weight excluding hydrogens is 371 g/mol. The Bertz CT molecular complexity index is 821. The first-order valence-corrected chi connectivity index (χ1v) is 9.28. The molecule has 0 aliphatic carbocycles. The topological polar surface area (TPSA) is 49.4 Å². The molecule has 0 saturated carbocycles. The fourth-order valence-corrected chi connectivity index (χ4v) is 3.55. The Morgan fingerprint density at radius 3 is 2.62 bits per heavy atom. The highest BCUT2D eigenvalue weighted by Crippen LogP contribution is 2.25. The minimum absolute atomic E-state index is 0.0188. The normalized spacial score (nSPS) is 16.8. The van der Waals surface area contributed by atoms with Crippen LogP contribution in [-0.2, 0) is 16.0 Å². The highest BCUT2D eigenvalue weighted by molar-refractivity contribution is 6.35. The van der Waals surface area contributed by atoms with Crippen LogP contribution in [0.4, 0.5) is 5.69 Å². The van der Waals surface area contributed by atoms with Crippen molar-refractivity contribution in [2.45, 2.75) is 19.8 Å². The highest BCUT2D eigenvalue weighted by atomic mass is 35.5. The summed E-state index contributed by atoms with van der Waals surface area (Å²) in [6.45, 7) is 2.88. The molecule has 1 N–H and O–H groups in total. The first-order valence-electron chi connectivity index (χ1n) is 8.52. The summed E-state index contributed by atoms with van der Waals surface area (Å²) >= 11 is 12.0. The molecule has 1 atom stereocenters. The van der Waals surface area contributed by atoms with Crippen LogP contribution >= 0.6 is 23.2 Å². The zero-order chi connectivity index (χ0) is 18.7. The number of halogens is 2. The number of benzene rings is 2. The van der Waals surface area contributed by atoms with Crippen LogP contribution in [0, 0.1) is 12.8 Å². The summed E-state index contributed by atoms with van der Waals surface area (Å²) in [7, 11) is 0. The van der Waals surface area contributed by atoms with Gasteiger partial charge < -0.3 is 10.2 Å². The fraction of sp³-hybridized carbons (Fsp3) is 0.300. The summed E-state index contributed by atoms with van der Waals surface area (Å²) < 4.78 is 0. The Morgan fingerprint density at radius 2 is 1.92 bits per heavy atom. The van der Waals surface area contributed by atoms with Crippen molar-refractivity contribution < 1.29 is 9.59 Å². The van der Waals surface area contributed by atoms with Crippen molar-refractivity contribution in [3.05, 3.63) is 63.6 Å². The third-order valence-electron chi connectivity index (χ3n) is 4.55. The van der Waals surface area contributed by atoms with Gasteiger partial charge in [0.15, 0.2) is 0 Å². The van der Waals surface area contributed by atoms with Gasteiger partial charge >= 0.3 is 0 Å². The zero-order valence-electron chi connectivity index (χ0n) is 14.5. The third-order valence-corrected chi connectivity index (χ3v) is 5.14. The first kappa shape index (κ1) is 18.7. The molecule has 2 aromatic carbocycles. The molecule has 136 valence electrons. The van der Waals surface area contributed by atoms with Crippen LogP contribution in [0.25, 0.3) is 0 Å². The number of nitrogens with one attached hydrogen (secondary N) is 1. The Hall–Kier alpha value is -2.04. The standard InChI is InChI=1S/C20H20Cl2N2O2/c1-13-2-6-17(7-3-13)24-12-15(10-19(24)25)20(26)23-9-8-14-4-5-16(21)11-18(14)22/h2-7,11,15H,8-10,12H2,1H3,(H,23,26). The molecule has 0 spiro atoms. The van der Waals surface area contributed by atoms with Crippen LogP contribution in [-0.4, -0.2) is 24.9 Å². The molecule has 3 rings (SSSR count). The number of carbonyl (C=O) groups excluding carboxylic acids is 2. The number of nitrogens with zero attached hydrogens (tertiary/aromatic N) is 1. The molecule has 2 aromatic rings. The minimum atomic E-state index is -0.329. The molecule has 1 unspecified atom stereocenters. The molecule has 1 fully saturated rings. The predicted octanol–water partition coefficient (Wildman–Crippen LogP) is 4.01. The highest BCUT2D eigenvalue weighted by Gasteiger charge is 2.34. The summed E-state index contributed by atoms with van der Waals surface area (Å²) in [6.07, 6.45) is 0.853. The second kappa shape index (κ2) is 8.11. The average molecular weight is 391 g/mol. The molecule has 0 bridgehead atoms. The lowest BCUT2D eigenvalue weighted by Gasteiger charge is -2.17. The van der Waals surface area contributed by atoms with Crippen LogP contribution in [0.15, 0.2) is 42.5 Å². The Morgan fingerprint density at radius 1 is 1.19 bits per heavy atom. The van der Waals surface area contributed by atoms with Crippen molar-refractivity contribution in [1.29, 1.82) is 0 Å². The van der Waals surface area contributed by atoms with Crippen LogP contribution in [0.5, 0.6) is 0 Å². The van der Waals surface area contributed by atoms with Gasteiger partial charge in [-0.3, -0.25) is 9.59 Å². The van der Waals surface area contributed by atoms with E-state index >= 15 is 0 Å². The maximum atomic E-state index is 12.4. The molecule has 4 nitrogen and oxygen atoms in total. The van der Waals surface area contributed by atoms with Gasteiger partial charge in [-0.2, -0.15) is 0 Å². The lowest BCUT2D eigenvalue weighted by molar-refractivity contribution is -0.126. The van der Waals surface area contributed by atoms with Gasteiger partial charge in [-0.15, -0.1) is 0 Å². The van der Waals surface area contributed by atoms with Crippen molar-refractivity contribution in [3.63, 3.8) is 0 Å². The van der Waals surface area contributed by atoms with E-state index in [0.717, 1.165) is 16.8 Å². The molecule has 2 amide bonds. The summed E-state index contributed by atoms with van der Waals surface area (Å²) in [5.41, 5.74) is 2.90. The minimum Gasteiger partial charge on any atom is -0.355 e. The van der Waals surface area contributed by atoms with E-state index in [1.807, 2.05) is 37.3 Å². The van der Waals surface area contributed by atoms with Crippen molar-refractivity contribution in [1.82, 2.24) is 5.32 Å². The molecule has 1 aliphatic rings. The van der Waals surface area contributed by atoms with E-state index in [0.29, 0.717) is 29.6 Å². The van der Waals surface area contributed by atoms with E-state index in [1.54, 1.807) is 17.0 Å². The van der Waals surface area contributed by atoms with Crippen LogP contribution in [0.2, 0.25) is 10.0 Å². The molecule has 6 heteroatoms. The van der Waals surface area contributed by atoms with Crippen LogP contribution in [0.3, 0.4) is 0 Å². The summed E-state index contributed by atoms with van der Waals surface area (Å²) in [5.74, 6) is -0.447. The van der Waals surface area contributed by atoms with Gasteiger partial charge in [0, 0.05) is 35.2 Å². The van der Waals surface area contributed by atoms with E-state index in [9.17, 15) is 9.59 Å². The second-order valence-electron chi connectivity index (χ2n) is 6.52. The number of anilines is 1. The van der Waals surface area contributed by atoms with Crippen molar-refractivity contribution in [2.75, 3.05) is 18.0 Å². The molecular formula is C20H20Cl2N2O2. The lowest BCUT2D eigenvalue weighted by atomic mass is 10.1. The Labute approximate surface area is 163 Å². The maximum absolute atomic E-state index is 12.4. The maximum Gasteiger partial charge on any atom is 0.227 e. The SMILES string of the molecule is Cc1ccc(N2CC(C(=O)NCCc3ccc(Cl)cc3Cl)CC2=O)cc1. The first-order chi connectivity index (χ1) is 12.4. The van der Waals surface area contributed by atoms with Gasteiger partial charge in [0.1, 0.15) is 0 Å². The molecule has 1 aliphatic heterocycles. The predicted molar refractivity (Wildman–Crippen MR) is 105 cm³/mol. The second-order valence-corrected chi connectivity index (χ2v) is 7.36. The van der Waals surface area contributed by atoms with Crippen molar-refractivity contribution >= 4 is 40.7 Å². The number of hydrogen-bond acceptors (Lipinski definition) is 2. The smallest absolute Gasteiger partial charge is 0.227 e. The molecule has 1 saturated heterocycles. The van der Waals surface area contributed by atoms with E-state index in [-0.39, 0.29) is 24.2 Å². The van der Waals surface area contributed by atoms with Crippen molar-refractivity contribution in [2.24, 2.45) is 5.92 Å². The molecule has 1 heterocycles. The number of aryl methyl sites for hydroxylation is 1. The van der Waals surface area contributed by atoms with E-state index in [2.05, 4.69) is 5.32 Å². The molecule has 26 heavy (non-hydrogen) atoms. The van der Waals surface area contributed by atoms with Gasteiger partial charge in [0.2, 0.25) is 11.8 Å². The van der Waals surface area contributed by atoms with Crippen LogP contribution < -0.4 is 10.2 Å². The average Bonchev–Trinajstić information content (AvgIpc) is 2.99. The van der Waals surface area contributed by atoms with Gasteiger partial charge in [-0.25, -0.2) is 0 Å².